The monoisotopic (exact) mass is 466 g/mol. The van der Waals surface area contributed by atoms with Crippen LogP contribution >= 0.6 is 23.2 Å². The smallest absolute Gasteiger partial charge is 0.396 e. The summed E-state index contributed by atoms with van der Waals surface area (Å²) in [5.74, 6) is -1.10. The quantitative estimate of drug-likeness (QED) is 0.477. The molecule has 9 heteroatoms. The van der Waals surface area contributed by atoms with Gasteiger partial charge in [-0.3, -0.25) is 9.69 Å². The normalized spacial score (nSPS) is 14.5. The SMILES string of the molecule is COC(=O)C(=O)Nc1cc(Cl)c(Oc2ccc(O)c(CN3CCCCCC3)c2)c(Cl)c1. The number of benzene rings is 2. The van der Waals surface area contributed by atoms with Gasteiger partial charge in [-0.05, 0) is 56.3 Å². The van der Waals surface area contributed by atoms with Crippen molar-refractivity contribution >= 4 is 40.8 Å². The highest BCUT2D eigenvalue weighted by Gasteiger charge is 2.18. The summed E-state index contributed by atoms with van der Waals surface area (Å²) in [6.07, 6.45) is 4.78. The van der Waals surface area contributed by atoms with Gasteiger partial charge in [-0.1, -0.05) is 36.0 Å². The van der Waals surface area contributed by atoms with Gasteiger partial charge in [-0.25, -0.2) is 4.79 Å². The lowest BCUT2D eigenvalue weighted by molar-refractivity contribution is -0.150. The van der Waals surface area contributed by atoms with E-state index in [9.17, 15) is 14.7 Å². The van der Waals surface area contributed by atoms with Crippen molar-refractivity contribution in [3.05, 3.63) is 45.9 Å². The average molecular weight is 467 g/mol. The molecule has 0 aliphatic carbocycles. The molecular formula is C22H24Cl2N2O5. The fourth-order valence-corrected chi connectivity index (χ4v) is 3.97. The van der Waals surface area contributed by atoms with E-state index in [4.69, 9.17) is 27.9 Å². The zero-order valence-electron chi connectivity index (χ0n) is 17.1. The van der Waals surface area contributed by atoms with Gasteiger partial charge in [-0.2, -0.15) is 0 Å². The number of halogens is 2. The number of aromatic hydroxyl groups is 1. The molecule has 0 atom stereocenters. The van der Waals surface area contributed by atoms with E-state index in [0.717, 1.165) is 38.6 Å². The third-order valence-corrected chi connectivity index (χ3v) is 5.55. The van der Waals surface area contributed by atoms with Crippen LogP contribution in [0.2, 0.25) is 10.0 Å². The van der Waals surface area contributed by atoms with Crippen LogP contribution in [0.5, 0.6) is 17.2 Å². The zero-order valence-corrected chi connectivity index (χ0v) is 18.6. The van der Waals surface area contributed by atoms with Crippen molar-refractivity contribution in [3.63, 3.8) is 0 Å². The van der Waals surface area contributed by atoms with Gasteiger partial charge >= 0.3 is 11.9 Å². The molecule has 1 fully saturated rings. The summed E-state index contributed by atoms with van der Waals surface area (Å²) >= 11 is 12.6. The maximum atomic E-state index is 11.7. The van der Waals surface area contributed by atoms with Crippen molar-refractivity contribution in [2.75, 3.05) is 25.5 Å². The van der Waals surface area contributed by atoms with E-state index in [1.165, 1.54) is 25.0 Å². The second-order valence-corrected chi connectivity index (χ2v) is 8.11. The highest BCUT2D eigenvalue weighted by Crippen LogP contribution is 2.39. The molecule has 166 valence electrons. The first-order valence-corrected chi connectivity index (χ1v) is 10.7. The first-order valence-electron chi connectivity index (χ1n) is 9.98. The minimum atomic E-state index is -1.03. The number of hydrogen-bond acceptors (Lipinski definition) is 6. The number of methoxy groups -OCH3 is 1. The first kappa shape index (κ1) is 23.2. The lowest BCUT2D eigenvalue weighted by Gasteiger charge is -2.21. The van der Waals surface area contributed by atoms with Crippen molar-refractivity contribution in [3.8, 4) is 17.2 Å². The summed E-state index contributed by atoms with van der Waals surface area (Å²) in [6, 6.07) is 7.81. The first-order chi connectivity index (χ1) is 14.9. The van der Waals surface area contributed by atoms with Gasteiger partial charge in [0, 0.05) is 17.8 Å². The van der Waals surface area contributed by atoms with Crippen LogP contribution in [0.3, 0.4) is 0 Å². The molecule has 1 aliphatic rings. The Labute approximate surface area is 190 Å². The summed E-state index contributed by atoms with van der Waals surface area (Å²) < 4.78 is 10.2. The maximum Gasteiger partial charge on any atom is 0.396 e. The van der Waals surface area contributed by atoms with Gasteiger partial charge in [-0.15, -0.1) is 0 Å². The van der Waals surface area contributed by atoms with Crippen molar-refractivity contribution in [1.82, 2.24) is 4.90 Å². The van der Waals surface area contributed by atoms with Crippen LogP contribution in [0.4, 0.5) is 5.69 Å². The van der Waals surface area contributed by atoms with E-state index in [1.807, 2.05) is 0 Å². The highest BCUT2D eigenvalue weighted by molar-refractivity contribution is 6.39. The lowest BCUT2D eigenvalue weighted by atomic mass is 10.1. The summed E-state index contributed by atoms with van der Waals surface area (Å²) in [6.45, 7) is 2.63. The number of carbonyl (C=O) groups is 2. The molecule has 2 aromatic rings. The molecule has 0 unspecified atom stereocenters. The Kier molecular flexibility index (Phi) is 8.01. The molecule has 0 bridgehead atoms. The minimum absolute atomic E-state index is 0.148. The van der Waals surface area contributed by atoms with Crippen LogP contribution in [0.15, 0.2) is 30.3 Å². The third-order valence-electron chi connectivity index (χ3n) is 4.99. The predicted octanol–water partition coefficient (Wildman–Crippen LogP) is 4.98. The Morgan fingerprint density at radius 3 is 2.32 bits per heavy atom. The van der Waals surface area contributed by atoms with Crippen LogP contribution in [-0.2, 0) is 20.9 Å². The van der Waals surface area contributed by atoms with Crippen molar-refractivity contribution < 1.29 is 24.2 Å². The fraction of sp³-hybridized carbons (Fsp3) is 0.364. The van der Waals surface area contributed by atoms with Gasteiger partial charge in [0.1, 0.15) is 11.5 Å². The molecule has 1 aliphatic heterocycles. The minimum Gasteiger partial charge on any atom is -0.508 e. The van der Waals surface area contributed by atoms with Crippen LogP contribution in [0.1, 0.15) is 31.2 Å². The van der Waals surface area contributed by atoms with E-state index in [0.29, 0.717) is 12.3 Å². The molecule has 1 amide bonds. The summed E-state index contributed by atoms with van der Waals surface area (Å²) in [5.41, 5.74) is 0.985. The van der Waals surface area contributed by atoms with Crippen molar-refractivity contribution in [2.24, 2.45) is 0 Å². The largest absolute Gasteiger partial charge is 0.508 e. The van der Waals surface area contributed by atoms with E-state index < -0.39 is 11.9 Å². The Balaban J connectivity index is 1.75. The van der Waals surface area contributed by atoms with Gasteiger partial charge in [0.15, 0.2) is 5.75 Å². The number of ether oxygens (including phenoxy) is 2. The van der Waals surface area contributed by atoms with Crippen molar-refractivity contribution in [2.45, 2.75) is 32.2 Å². The van der Waals surface area contributed by atoms with Gasteiger partial charge in [0.25, 0.3) is 0 Å². The number of amides is 1. The number of likely N-dealkylation sites (tertiary alicyclic amines) is 1. The van der Waals surface area contributed by atoms with E-state index in [1.54, 1.807) is 18.2 Å². The molecule has 0 spiro atoms. The Hall–Kier alpha value is -2.48. The van der Waals surface area contributed by atoms with Crippen LogP contribution < -0.4 is 10.1 Å². The fourth-order valence-electron chi connectivity index (χ4n) is 3.41. The Bertz CT molecular complexity index is 936. The molecule has 3 rings (SSSR count). The number of phenols is 1. The second kappa shape index (κ2) is 10.7. The predicted molar refractivity (Wildman–Crippen MR) is 119 cm³/mol. The zero-order chi connectivity index (χ0) is 22.4. The number of nitrogens with one attached hydrogen (secondary N) is 1. The summed E-state index contributed by atoms with van der Waals surface area (Å²) in [7, 11) is 1.11. The van der Waals surface area contributed by atoms with Gasteiger partial charge in [0.05, 0.1) is 17.2 Å². The molecule has 31 heavy (non-hydrogen) atoms. The van der Waals surface area contributed by atoms with Crippen LogP contribution in [0, 0.1) is 0 Å². The van der Waals surface area contributed by atoms with Crippen molar-refractivity contribution in [1.29, 1.82) is 0 Å². The standard InChI is InChI=1S/C22H24Cl2N2O5/c1-30-22(29)21(28)25-15-11-17(23)20(18(24)12-15)31-16-6-7-19(27)14(10-16)13-26-8-4-2-3-5-9-26/h6-7,10-12,27H,2-5,8-9,13H2,1H3,(H,25,28). The average Bonchev–Trinajstić information content (AvgIpc) is 3.01. The van der Waals surface area contributed by atoms with Crippen LogP contribution in [-0.4, -0.2) is 42.1 Å². The molecular weight excluding hydrogens is 443 g/mol. The summed E-state index contributed by atoms with van der Waals surface area (Å²) in [5, 5.41) is 12.9. The number of rotatable bonds is 5. The lowest BCUT2D eigenvalue weighted by Crippen LogP contribution is -2.24. The molecule has 0 aromatic heterocycles. The third kappa shape index (κ3) is 6.26. The topological polar surface area (TPSA) is 88.1 Å². The number of phenolic OH excluding ortho intramolecular Hbond substituents is 1. The molecule has 0 saturated carbocycles. The highest BCUT2D eigenvalue weighted by atomic mass is 35.5. The number of esters is 1. The second-order valence-electron chi connectivity index (χ2n) is 7.30. The van der Waals surface area contributed by atoms with Gasteiger partial charge in [0.2, 0.25) is 0 Å². The van der Waals surface area contributed by atoms with E-state index >= 15 is 0 Å². The summed E-state index contributed by atoms with van der Waals surface area (Å²) in [4.78, 5) is 25.3. The molecule has 2 aromatic carbocycles. The molecule has 2 N–H and O–H groups in total. The number of anilines is 1. The Morgan fingerprint density at radius 2 is 1.71 bits per heavy atom. The maximum absolute atomic E-state index is 11.7. The van der Waals surface area contributed by atoms with Gasteiger partial charge < -0.3 is 19.9 Å². The van der Waals surface area contributed by atoms with E-state index in [-0.39, 0.29) is 27.2 Å². The number of hydrogen-bond donors (Lipinski definition) is 2. The number of nitrogens with zero attached hydrogens (tertiary/aromatic N) is 1. The molecule has 1 saturated heterocycles. The molecule has 1 heterocycles. The Morgan fingerprint density at radius 1 is 1.06 bits per heavy atom. The van der Waals surface area contributed by atoms with E-state index in [2.05, 4.69) is 15.0 Å². The molecule has 0 radical (unpaired) electrons. The van der Waals surface area contributed by atoms with Crippen LogP contribution in [0.25, 0.3) is 0 Å². The number of carbonyl (C=O) groups excluding carboxylic acids is 2. The molecule has 7 nitrogen and oxygen atoms in total.